The number of likely N-dealkylation sites (tertiary alicyclic amines) is 2. The Balaban J connectivity index is 1.50. The molecule has 2 saturated heterocycles. The molecular weight excluding hydrogens is 216 g/mol. The highest BCUT2D eigenvalue weighted by Crippen LogP contribution is 2.41. The van der Waals surface area contributed by atoms with E-state index in [1.807, 2.05) is 4.90 Å². The van der Waals surface area contributed by atoms with Crippen molar-refractivity contribution in [2.24, 2.45) is 5.41 Å². The lowest BCUT2D eigenvalue weighted by Crippen LogP contribution is -2.60. The van der Waals surface area contributed by atoms with Gasteiger partial charge in [-0.25, -0.2) is 0 Å². The largest absolute Gasteiger partial charge is 0.389 e. The molecule has 0 unspecified atom stereocenters. The van der Waals surface area contributed by atoms with Gasteiger partial charge in [-0.2, -0.15) is 0 Å². The van der Waals surface area contributed by atoms with E-state index in [9.17, 15) is 9.90 Å². The Morgan fingerprint density at radius 3 is 2.41 bits per heavy atom. The van der Waals surface area contributed by atoms with E-state index in [1.165, 1.54) is 6.42 Å². The van der Waals surface area contributed by atoms with Crippen LogP contribution in [-0.2, 0) is 4.79 Å². The highest BCUT2D eigenvalue weighted by molar-refractivity contribution is 5.78. The first kappa shape index (κ1) is 11.5. The first-order chi connectivity index (χ1) is 8.00. The van der Waals surface area contributed by atoms with E-state index < -0.39 is 5.60 Å². The summed E-state index contributed by atoms with van der Waals surface area (Å²) < 4.78 is 0. The molecule has 0 aromatic heterocycles. The SMILES string of the molecule is CN1CCC2(C1)CN(C(=O)CC1(O)CCC1)C2. The zero-order valence-corrected chi connectivity index (χ0v) is 10.6. The molecule has 0 aromatic carbocycles. The van der Waals surface area contributed by atoms with Crippen LogP contribution in [0, 0.1) is 5.41 Å². The second-order valence-electron chi connectivity index (χ2n) is 6.49. The van der Waals surface area contributed by atoms with Gasteiger partial charge in [0.25, 0.3) is 0 Å². The Kier molecular flexibility index (Phi) is 2.49. The van der Waals surface area contributed by atoms with Crippen LogP contribution in [0.5, 0.6) is 0 Å². The summed E-state index contributed by atoms with van der Waals surface area (Å²) in [5.74, 6) is 0.160. The molecule has 3 fully saturated rings. The van der Waals surface area contributed by atoms with Gasteiger partial charge in [-0.3, -0.25) is 4.79 Å². The average molecular weight is 238 g/mol. The number of hydrogen-bond acceptors (Lipinski definition) is 3. The third-order valence-corrected chi connectivity index (χ3v) is 4.80. The molecule has 0 aromatic rings. The molecule has 0 atom stereocenters. The standard InChI is InChI=1S/C13H22N2O2/c1-14-6-5-12(8-14)9-15(10-12)11(16)7-13(17)3-2-4-13/h17H,2-10H2,1H3. The van der Waals surface area contributed by atoms with Gasteiger partial charge in [0.05, 0.1) is 12.0 Å². The van der Waals surface area contributed by atoms with E-state index in [-0.39, 0.29) is 5.91 Å². The van der Waals surface area contributed by atoms with Crippen molar-refractivity contribution < 1.29 is 9.90 Å². The quantitative estimate of drug-likeness (QED) is 0.760. The summed E-state index contributed by atoms with van der Waals surface area (Å²) in [6.07, 6.45) is 4.25. The van der Waals surface area contributed by atoms with Crippen molar-refractivity contribution in [3.8, 4) is 0 Å². The van der Waals surface area contributed by atoms with Crippen molar-refractivity contribution in [2.45, 2.75) is 37.7 Å². The number of carbonyl (C=O) groups excluding carboxylic acids is 1. The highest BCUT2D eigenvalue weighted by atomic mass is 16.3. The van der Waals surface area contributed by atoms with E-state index in [2.05, 4.69) is 11.9 Å². The van der Waals surface area contributed by atoms with Gasteiger partial charge in [-0.15, -0.1) is 0 Å². The van der Waals surface area contributed by atoms with E-state index >= 15 is 0 Å². The van der Waals surface area contributed by atoms with Gasteiger partial charge in [-0.1, -0.05) is 0 Å². The van der Waals surface area contributed by atoms with Crippen molar-refractivity contribution in [2.75, 3.05) is 33.2 Å². The molecule has 1 aliphatic carbocycles. The molecule has 2 aliphatic heterocycles. The molecule has 1 spiro atoms. The Morgan fingerprint density at radius 1 is 1.24 bits per heavy atom. The van der Waals surface area contributed by atoms with Gasteiger partial charge in [0.1, 0.15) is 0 Å². The van der Waals surface area contributed by atoms with Crippen LogP contribution in [0.3, 0.4) is 0 Å². The zero-order chi connectivity index (χ0) is 12.1. The number of aliphatic hydroxyl groups is 1. The van der Waals surface area contributed by atoms with Gasteiger partial charge in [0.15, 0.2) is 0 Å². The lowest BCUT2D eigenvalue weighted by Gasteiger charge is -2.49. The number of amides is 1. The van der Waals surface area contributed by atoms with Crippen LogP contribution >= 0.6 is 0 Å². The molecule has 96 valence electrons. The van der Waals surface area contributed by atoms with E-state index in [4.69, 9.17) is 0 Å². The Hall–Kier alpha value is -0.610. The van der Waals surface area contributed by atoms with E-state index in [0.717, 1.165) is 45.4 Å². The minimum atomic E-state index is -0.660. The second-order valence-corrected chi connectivity index (χ2v) is 6.49. The fourth-order valence-corrected chi connectivity index (χ4v) is 3.51. The summed E-state index contributed by atoms with van der Waals surface area (Å²) >= 11 is 0. The molecule has 4 nitrogen and oxygen atoms in total. The summed E-state index contributed by atoms with van der Waals surface area (Å²) in [7, 11) is 2.15. The maximum absolute atomic E-state index is 12.0. The van der Waals surface area contributed by atoms with Crippen LogP contribution in [-0.4, -0.2) is 59.6 Å². The van der Waals surface area contributed by atoms with E-state index in [1.54, 1.807) is 0 Å². The number of carbonyl (C=O) groups is 1. The molecule has 2 heterocycles. The van der Waals surface area contributed by atoms with Crippen LogP contribution in [0.4, 0.5) is 0 Å². The third-order valence-electron chi connectivity index (χ3n) is 4.80. The number of hydrogen-bond donors (Lipinski definition) is 1. The molecule has 17 heavy (non-hydrogen) atoms. The van der Waals surface area contributed by atoms with Gasteiger partial charge < -0.3 is 14.9 Å². The first-order valence-corrected chi connectivity index (χ1v) is 6.69. The Bertz CT molecular complexity index is 332. The fourth-order valence-electron chi connectivity index (χ4n) is 3.51. The first-order valence-electron chi connectivity index (χ1n) is 6.69. The predicted molar refractivity (Wildman–Crippen MR) is 64.5 cm³/mol. The lowest BCUT2D eigenvalue weighted by molar-refractivity contribution is -0.151. The topological polar surface area (TPSA) is 43.8 Å². The molecule has 1 N–H and O–H groups in total. The summed E-state index contributed by atoms with van der Waals surface area (Å²) in [5, 5.41) is 9.99. The van der Waals surface area contributed by atoms with Gasteiger partial charge in [-0.05, 0) is 39.3 Å². The molecule has 1 amide bonds. The van der Waals surface area contributed by atoms with Crippen LogP contribution in [0.2, 0.25) is 0 Å². The second kappa shape index (κ2) is 3.69. The van der Waals surface area contributed by atoms with Gasteiger partial charge in [0.2, 0.25) is 5.91 Å². The summed E-state index contributed by atoms with van der Waals surface area (Å²) in [6.45, 7) is 4.10. The summed E-state index contributed by atoms with van der Waals surface area (Å²) in [6, 6.07) is 0. The molecule has 1 saturated carbocycles. The Labute approximate surface area is 103 Å². The fraction of sp³-hybridized carbons (Fsp3) is 0.923. The summed E-state index contributed by atoms with van der Waals surface area (Å²) in [4.78, 5) is 16.3. The molecule has 3 rings (SSSR count). The van der Waals surface area contributed by atoms with Crippen molar-refractivity contribution in [1.82, 2.24) is 9.80 Å². The number of rotatable bonds is 2. The normalized spacial score (nSPS) is 30.1. The van der Waals surface area contributed by atoms with Crippen LogP contribution < -0.4 is 0 Å². The average Bonchev–Trinajstić information content (AvgIpc) is 2.56. The number of nitrogens with zero attached hydrogens (tertiary/aromatic N) is 2. The van der Waals surface area contributed by atoms with Crippen LogP contribution in [0.1, 0.15) is 32.1 Å². The molecule has 3 aliphatic rings. The maximum atomic E-state index is 12.0. The minimum Gasteiger partial charge on any atom is -0.389 e. The van der Waals surface area contributed by atoms with Crippen LogP contribution in [0.15, 0.2) is 0 Å². The van der Waals surface area contributed by atoms with E-state index in [0.29, 0.717) is 11.8 Å². The maximum Gasteiger partial charge on any atom is 0.225 e. The van der Waals surface area contributed by atoms with Crippen molar-refractivity contribution in [3.63, 3.8) is 0 Å². The Morgan fingerprint density at radius 2 is 1.94 bits per heavy atom. The predicted octanol–water partition coefficient (Wildman–Crippen LogP) is 0.456. The van der Waals surface area contributed by atoms with Crippen LogP contribution in [0.25, 0.3) is 0 Å². The van der Waals surface area contributed by atoms with Crippen molar-refractivity contribution in [1.29, 1.82) is 0 Å². The van der Waals surface area contributed by atoms with Crippen molar-refractivity contribution >= 4 is 5.91 Å². The molecule has 4 heteroatoms. The highest BCUT2D eigenvalue weighted by Gasteiger charge is 2.49. The minimum absolute atomic E-state index is 0.160. The zero-order valence-electron chi connectivity index (χ0n) is 10.6. The van der Waals surface area contributed by atoms with Crippen molar-refractivity contribution in [3.05, 3.63) is 0 Å². The molecule has 0 bridgehead atoms. The molecular formula is C13H22N2O2. The third kappa shape index (κ3) is 1.97. The van der Waals surface area contributed by atoms with Gasteiger partial charge >= 0.3 is 0 Å². The summed E-state index contributed by atoms with van der Waals surface area (Å²) in [5.41, 5.74) is -0.279. The smallest absolute Gasteiger partial charge is 0.225 e. The van der Waals surface area contributed by atoms with Gasteiger partial charge in [0, 0.05) is 25.0 Å². The molecule has 0 radical (unpaired) electrons. The monoisotopic (exact) mass is 238 g/mol. The lowest BCUT2D eigenvalue weighted by atomic mass is 9.75.